The third-order valence-electron chi connectivity index (χ3n) is 15.2. The molecule has 0 saturated carbocycles. The minimum absolute atomic E-state index is 0.543. The van der Waals surface area contributed by atoms with Crippen molar-refractivity contribution in [1.82, 2.24) is 9.13 Å². The van der Waals surface area contributed by atoms with Gasteiger partial charge in [-0.25, -0.2) is 0 Å². The fourth-order valence-electron chi connectivity index (χ4n) is 12.9. The average Bonchev–Trinajstić information content (AvgIpc) is 4.06. The van der Waals surface area contributed by atoms with Gasteiger partial charge in [0.1, 0.15) is 0 Å². The Kier molecular flexibility index (Phi) is 6.58. The molecule has 2 spiro atoms. The second-order valence-corrected chi connectivity index (χ2v) is 17.9. The summed E-state index contributed by atoms with van der Waals surface area (Å²) in [6, 6.07) is 87.1. The van der Waals surface area contributed by atoms with E-state index in [1.54, 1.807) is 0 Å². The van der Waals surface area contributed by atoms with Gasteiger partial charge in [0.2, 0.25) is 0 Å². The van der Waals surface area contributed by atoms with E-state index >= 15 is 0 Å². The summed E-state index contributed by atoms with van der Waals surface area (Å²) in [5.41, 5.74) is 22.0. The lowest BCUT2D eigenvalue weighted by Gasteiger charge is -2.49. The third-order valence-corrected chi connectivity index (χ3v) is 15.2. The van der Waals surface area contributed by atoms with E-state index in [2.05, 4.69) is 240 Å². The number of fused-ring (bicyclic) bond motifs is 22. The molecule has 2 nitrogen and oxygen atoms in total. The maximum Gasteiger partial charge on any atom is 0.0720 e. The fraction of sp³-hybridized carbons (Fsp3) is 0.0323. The van der Waals surface area contributed by atoms with E-state index in [0.29, 0.717) is 0 Å². The average molecular weight is 811 g/mol. The largest absolute Gasteiger partial charge is 0.309 e. The number of hydrogen-bond donors (Lipinski definition) is 0. The third kappa shape index (κ3) is 3.99. The highest BCUT2D eigenvalue weighted by Gasteiger charge is 2.59. The molecule has 2 heteroatoms. The van der Waals surface area contributed by atoms with Crippen LogP contribution in [0.4, 0.5) is 0 Å². The molecule has 0 fully saturated rings. The van der Waals surface area contributed by atoms with Crippen LogP contribution in [0, 0.1) is 0 Å². The predicted molar refractivity (Wildman–Crippen MR) is 263 cm³/mol. The molecule has 296 valence electrons. The quantitative estimate of drug-likeness (QED) is 0.165. The summed E-state index contributed by atoms with van der Waals surface area (Å²) in [4.78, 5) is 0. The summed E-state index contributed by atoms with van der Waals surface area (Å²) in [5, 5.41) is 5.05. The van der Waals surface area contributed by atoms with E-state index in [4.69, 9.17) is 0 Å². The molecule has 0 radical (unpaired) electrons. The summed E-state index contributed by atoms with van der Waals surface area (Å²) < 4.78 is 4.92. The zero-order valence-electron chi connectivity index (χ0n) is 34.8. The van der Waals surface area contributed by atoms with E-state index in [9.17, 15) is 0 Å². The molecule has 2 heterocycles. The Morgan fingerprint density at radius 1 is 0.219 bits per heavy atom. The monoisotopic (exact) mass is 810 g/mol. The first-order valence-corrected chi connectivity index (χ1v) is 22.4. The molecule has 0 aliphatic heterocycles. The molecule has 15 rings (SSSR count). The highest BCUT2D eigenvalue weighted by molar-refractivity contribution is 6.12. The van der Waals surface area contributed by atoms with Gasteiger partial charge in [0.25, 0.3) is 0 Å². The molecule has 0 unspecified atom stereocenters. The summed E-state index contributed by atoms with van der Waals surface area (Å²) in [5.74, 6) is 0. The zero-order chi connectivity index (χ0) is 41.7. The van der Waals surface area contributed by atoms with Gasteiger partial charge >= 0.3 is 0 Å². The van der Waals surface area contributed by atoms with Crippen molar-refractivity contribution in [2.75, 3.05) is 0 Å². The molecule has 0 bridgehead atoms. The van der Waals surface area contributed by atoms with Gasteiger partial charge in [-0.3, -0.25) is 0 Å². The normalized spacial score (nSPS) is 14.5. The minimum Gasteiger partial charge on any atom is -0.309 e. The topological polar surface area (TPSA) is 9.86 Å². The van der Waals surface area contributed by atoms with E-state index in [1.807, 2.05) is 0 Å². The van der Waals surface area contributed by atoms with Gasteiger partial charge in [-0.05, 0) is 121 Å². The van der Waals surface area contributed by atoms with Crippen molar-refractivity contribution < 1.29 is 0 Å². The number of aromatic nitrogens is 2. The van der Waals surface area contributed by atoms with E-state index in [-0.39, 0.29) is 0 Å². The van der Waals surface area contributed by atoms with E-state index in [1.165, 1.54) is 110 Å². The van der Waals surface area contributed by atoms with Crippen LogP contribution in [0.15, 0.2) is 231 Å². The van der Waals surface area contributed by atoms with Crippen LogP contribution in [0.5, 0.6) is 0 Å². The molecule has 0 amide bonds. The first kappa shape index (κ1) is 34.4. The van der Waals surface area contributed by atoms with Crippen LogP contribution in [0.3, 0.4) is 0 Å². The van der Waals surface area contributed by atoms with Crippen molar-refractivity contribution in [1.29, 1.82) is 0 Å². The van der Waals surface area contributed by atoms with Crippen molar-refractivity contribution in [3.05, 3.63) is 275 Å². The molecule has 10 aromatic carbocycles. The van der Waals surface area contributed by atoms with Gasteiger partial charge in [-0.1, -0.05) is 176 Å². The highest BCUT2D eigenvalue weighted by atomic mass is 15.0. The van der Waals surface area contributed by atoms with Crippen LogP contribution in [0.2, 0.25) is 0 Å². The van der Waals surface area contributed by atoms with Crippen molar-refractivity contribution in [2.45, 2.75) is 10.8 Å². The van der Waals surface area contributed by atoms with Gasteiger partial charge < -0.3 is 9.13 Å². The standard InChI is InChI=1S/C62H38N2/c1-8-24-49-41(17-1)42-18-2-9-25-50(42)61(49)53-28-12-13-29-54(53)62(51-26-10-3-19-43(51)44-20-4-11-27-52(44)62)56-38-60-48(37-55(56)61)47-23-7-16-32-59(47)64(60)40-35-33-39(34-36-40)63-57-30-14-5-21-45(57)46-22-6-15-31-58(46)63/h1-38H. The lowest BCUT2D eigenvalue weighted by atomic mass is 9.52. The zero-order valence-corrected chi connectivity index (χ0v) is 34.8. The minimum atomic E-state index is -0.563. The SMILES string of the molecule is c1ccc2c(c1)-c1ccccc1C21c2ccccc2C2(c3ccccc3-c3ccccc32)c2cc3c(cc21)c1ccccc1n3-c1ccc(-n2c3ccccc3c3ccccc32)cc1. The maximum atomic E-state index is 2.61. The number of para-hydroxylation sites is 3. The number of rotatable bonds is 2. The Hall–Kier alpha value is -8.20. The Balaban J connectivity index is 1.08. The fourth-order valence-corrected chi connectivity index (χ4v) is 12.9. The first-order valence-electron chi connectivity index (χ1n) is 22.4. The smallest absolute Gasteiger partial charge is 0.0720 e. The van der Waals surface area contributed by atoms with Crippen LogP contribution < -0.4 is 0 Å². The molecular formula is C62H38N2. The van der Waals surface area contributed by atoms with Gasteiger partial charge in [0, 0.05) is 32.9 Å². The second kappa shape index (κ2) is 12.2. The molecule has 3 aliphatic rings. The molecular weight excluding hydrogens is 773 g/mol. The van der Waals surface area contributed by atoms with Crippen molar-refractivity contribution in [3.8, 4) is 33.6 Å². The van der Waals surface area contributed by atoms with Crippen LogP contribution in [0.1, 0.15) is 44.5 Å². The van der Waals surface area contributed by atoms with Crippen LogP contribution in [-0.4, -0.2) is 9.13 Å². The number of nitrogens with zero attached hydrogens (tertiary/aromatic N) is 2. The highest BCUT2D eigenvalue weighted by Crippen LogP contribution is 2.68. The predicted octanol–water partition coefficient (Wildman–Crippen LogP) is 14.9. The lowest BCUT2D eigenvalue weighted by Crippen LogP contribution is -2.43. The molecule has 2 aromatic heterocycles. The molecule has 0 atom stereocenters. The summed E-state index contributed by atoms with van der Waals surface area (Å²) in [6.45, 7) is 0. The van der Waals surface area contributed by atoms with Crippen LogP contribution >= 0.6 is 0 Å². The van der Waals surface area contributed by atoms with Crippen molar-refractivity contribution in [3.63, 3.8) is 0 Å². The van der Waals surface area contributed by atoms with Crippen molar-refractivity contribution in [2.24, 2.45) is 0 Å². The number of benzene rings is 10. The number of hydrogen-bond acceptors (Lipinski definition) is 0. The Morgan fingerprint density at radius 2 is 0.516 bits per heavy atom. The van der Waals surface area contributed by atoms with Gasteiger partial charge in [0.15, 0.2) is 0 Å². The second-order valence-electron chi connectivity index (χ2n) is 17.9. The summed E-state index contributed by atoms with van der Waals surface area (Å²) in [7, 11) is 0. The molecule has 12 aromatic rings. The summed E-state index contributed by atoms with van der Waals surface area (Å²) >= 11 is 0. The maximum absolute atomic E-state index is 2.61. The van der Waals surface area contributed by atoms with Gasteiger partial charge in [-0.2, -0.15) is 0 Å². The van der Waals surface area contributed by atoms with Gasteiger partial charge in [-0.15, -0.1) is 0 Å². The van der Waals surface area contributed by atoms with Crippen molar-refractivity contribution >= 4 is 43.6 Å². The molecule has 0 saturated heterocycles. The lowest BCUT2D eigenvalue weighted by molar-refractivity contribution is 0.634. The Morgan fingerprint density at radius 3 is 0.922 bits per heavy atom. The van der Waals surface area contributed by atoms with E-state index < -0.39 is 10.8 Å². The Bertz CT molecular complexity index is 3830. The van der Waals surface area contributed by atoms with Crippen LogP contribution in [-0.2, 0) is 10.8 Å². The van der Waals surface area contributed by atoms with Crippen LogP contribution in [0.25, 0.3) is 77.2 Å². The van der Waals surface area contributed by atoms with Gasteiger partial charge in [0.05, 0.1) is 32.9 Å². The summed E-state index contributed by atoms with van der Waals surface area (Å²) in [6.07, 6.45) is 0. The molecule has 64 heavy (non-hydrogen) atoms. The molecule has 3 aliphatic carbocycles. The van der Waals surface area contributed by atoms with E-state index in [0.717, 1.165) is 11.4 Å². The Labute approximate surface area is 370 Å². The first-order chi connectivity index (χ1) is 31.8. The molecule has 0 N–H and O–H groups in total.